The molecule has 0 amide bonds. The minimum absolute atomic E-state index is 0. The summed E-state index contributed by atoms with van der Waals surface area (Å²) in [6, 6.07) is 15.5. The Hall–Kier alpha value is -0.254. The number of ether oxygens (including phenoxy) is 1. The molecule has 0 bridgehead atoms. The zero-order valence-corrected chi connectivity index (χ0v) is 13.2. The van der Waals surface area contributed by atoms with E-state index in [0.717, 1.165) is 17.7 Å². The van der Waals surface area contributed by atoms with E-state index in [0.29, 0.717) is 5.92 Å². The van der Waals surface area contributed by atoms with Gasteiger partial charge in [-0.3, -0.25) is 0 Å². The number of hydrogen-bond acceptors (Lipinski definition) is 1. The average Bonchev–Trinajstić information content (AvgIpc) is 2.26. The van der Waals surface area contributed by atoms with Crippen molar-refractivity contribution in [2.24, 2.45) is 5.92 Å². The summed E-state index contributed by atoms with van der Waals surface area (Å²) in [4.78, 5) is 0. The fourth-order valence-corrected chi connectivity index (χ4v) is 1.44. The maximum Gasteiger partial charge on any atom is 2.00 e. The molecule has 1 nitrogen and oxygen atoms in total. The standard InChI is InChI=1S/C14H15O.BrH.Mg/c1-11(2)10-15-14-8-7-12-5-3-4-6-13(12)9-14;;/h3-8,11H,10H2,1-2H3;1H;/q-1;;+2/p-1. The molecule has 2 rings (SSSR count). The van der Waals surface area contributed by atoms with E-state index in [1.807, 2.05) is 18.2 Å². The summed E-state index contributed by atoms with van der Waals surface area (Å²) in [5.74, 6) is 1.38. The van der Waals surface area contributed by atoms with Crippen LogP contribution in [0.1, 0.15) is 13.8 Å². The van der Waals surface area contributed by atoms with Crippen molar-refractivity contribution in [3.05, 3.63) is 42.5 Å². The molecule has 0 fully saturated rings. The van der Waals surface area contributed by atoms with Crippen LogP contribution in [0, 0.1) is 12.0 Å². The Balaban J connectivity index is 0.00000128. The summed E-state index contributed by atoms with van der Waals surface area (Å²) in [5.41, 5.74) is 0. The summed E-state index contributed by atoms with van der Waals surface area (Å²) in [6.07, 6.45) is 0. The molecule has 2 aromatic rings. The van der Waals surface area contributed by atoms with Crippen molar-refractivity contribution < 1.29 is 21.7 Å². The molecule has 0 aliphatic heterocycles. The van der Waals surface area contributed by atoms with Gasteiger partial charge in [0.2, 0.25) is 0 Å². The molecule has 3 heteroatoms. The van der Waals surface area contributed by atoms with Crippen LogP contribution in [0.15, 0.2) is 36.4 Å². The second-order valence-corrected chi connectivity index (χ2v) is 4.11. The third kappa shape index (κ3) is 4.86. The van der Waals surface area contributed by atoms with Gasteiger partial charge in [-0.25, -0.2) is 0 Å². The van der Waals surface area contributed by atoms with E-state index < -0.39 is 0 Å². The quantitative estimate of drug-likeness (QED) is 0.585. The van der Waals surface area contributed by atoms with E-state index in [4.69, 9.17) is 4.74 Å². The smallest absolute Gasteiger partial charge is 1.00 e. The Morgan fingerprint density at radius 1 is 1.12 bits per heavy atom. The van der Waals surface area contributed by atoms with Crippen molar-refractivity contribution in [2.45, 2.75) is 13.8 Å². The Morgan fingerprint density at radius 2 is 1.82 bits per heavy atom. The van der Waals surface area contributed by atoms with Crippen LogP contribution in [-0.2, 0) is 0 Å². The maximum atomic E-state index is 5.62. The Labute approximate surface area is 129 Å². The molecule has 17 heavy (non-hydrogen) atoms. The SMILES string of the molecule is CC(C)COc1[c-]c2ccccc2cc1.[Br-].[Mg+2]. The number of rotatable bonds is 3. The van der Waals surface area contributed by atoms with Crippen LogP contribution in [0.3, 0.4) is 0 Å². The van der Waals surface area contributed by atoms with E-state index >= 15 is 0 Å². The zero-order valence-electron chi connectivity index (χ0n) is 10.2. The fraction of sp³-hybridized carbons (Fsp3) is 0.286. The Morgan fingerprint density at radius 3 is 2.53 bits per heavy atom. The zero-order chi connectivity index (χ0) is 10.7. The molecular formula is C14H15BrMgO. The van der Waals surface area contributed by atoms with E-state index in [1.165, 1.54) is 5.39 Å². The normalized spacial score (nSPS) is 9.59. The summed E-state index contributed by atoms with van der Waals surface area (Å²) in [7, 11) is 0. The molecule has 0 saturated carbocycles. The third-order valence-corrected chi connectivity index (χ3v) is 2.21. The van der Waals surface area contributed by atoms with Gasteiger partial charge in [-0.2, -0.15) is 0 Å². The average molecular weight is 303 g/mol. The van der Waals surface area contributed by atoms with Gasteiger partial charge in [0, 0.05) is 5.75 Å². The predicted molar refractivity (Wildman–Crippen MR) is 68.9 cm³/mol. The van der Waals surface area contributed by atoms with Crippen molar-refractivity contribution in [3.8, 4) is 5.75 Å². The van der Waals surface area contributed by atoms with Gasteiger partial charge >= 0.3 is 23.1 Å². The van der Waals surface area contributed by atoms with Crippen LogP contribution >= 0.6 is 0 Å². The van der Waals surface area contributed by atoms with Gasteiger partial charge in [0.05, 0.1) is 6.61 Å². The second kappa shape index (κ2) is 7.96. The van der Waals surface area contributed by atoms with Crippen molar-refractivity contribution in [1.29, 1.82) is 0 Å². The Bertz CT molecular complexity index is 457. The van der Waals surface area contributed by atoms with Crippen LogP contribution in [0.25, 0.3) is 10.8 Å². The first-order valence-corrected chi connectivity index (χ1v) is 5.29. The molecular weight excluding hydrogens is 288 g/mol. The van der Waals surface area contributed by atoms with Crippen LogP contribution < -0.4 is 21.7 Å². The van der Waals surface area contributed by atoms with Gasteiger partial charge in [-0.15, -0.1) is 35.0 Å². The molecule has 0 radical (unpaired) electrons. The van der Waals surface area contributed by atoms with Gasteiger partial charge < -0.3 is 21.7 Å². The largest absolute Gasteiger partial charge is 2.00 e. The molecule has 0 heterocycles. The topological polar surface area (TPSA) is 9.23 Å². The monoisotopic (exact) mass is 302 g/mol. The van der Waals surface area contributed by atoms with E-state index in [-0.39, 0.29) is 40.0 Å². The molecule has 0 aliphatic carbocycles. The molecule has 0 saturated heterocycles. The molecule has 0 atom stereocenters. The van der Waals surface area contributed by atoms with Gasteiger partial charge in [0.1, 0.15) is 0 Å². The summed E-state index contributed by atoms with van der Waals surface area (Å²) >= 11 is 0. The van der Waals surface area contributed by atoms with Gasteiger partial charge in [-0.1, -0.05) is 32.0 Å². The molecule has 0 aliphatic rings. The first-order valence-electron chi connectivity index (χ1n) is 5.29. The van der Waals surface area contributed by atoms with Crippen molar-refractivity contribution in [2.75, 3.05) is 6.61 Å². The van der Waals surface area contributed by atoms with E-state index in [9.17, 15) is 0 Å². The number of fused-ring (bicyclic) bond motifs is 1. The van der Waals surface area contributed by atoms with Gasteiger partial charge in [-0.05, 0) is 5.92 Å². The number of benzene rings is 2. The molecule has 0 N–H and O–H groups in total. The van der Waals surface area contributed by atoms with Gasteiger partial charge in [0.15, 0.2) is 0 Å². The van der Waals surface area contributed by atoms with Crippen LogP contribution in [0.4, 0.5) is 0 Å². The summed E-state index contributed by atoms with van der Waals surface area (Å²) in [5, 5.41) is 2.31. The molecule has 0 spiro atoms. The van der Waals surface area contributed by atoms with Crippen molar-refractivity contribution in [1.82, 2.24) is 0 Å². The first-order chi connectivity index (χ1) is 7.25. The van der Waals surface area contributed by atoms with Crippen LogP contribution in [0.5, 0.6) is 5.75 Å². The molecule has 2 aromatic carbocycles. The molecule has 0 unspecified atom stereocenters. The minimum atomic E-state index is 0. The third-order valence-electron chi connectivity index (χ3n) is 2.21. The number of halogens is 1. The van der Waals surface area contributed by atoms with Crippen molar-refractivity contribution >= 4 is 33.8 Å². The molecule has 86 valence electrons. The predicted octanol–water partition coefficient (Wildman–Crippen LogP) is 0.298. The van der Waals surface area contributed by atoms with Crippen LogP contribution in [-0.4, -0.2) is 29.7 Å². The number of hydrogen-bond donors (Lipinski definition) is 0. The van der Waals surface area contributed by atoms with E-state index in [1.54, 1.807) is 0 Å². The van der Waals surface area contributed by atoms with Crippen molar-refractivity contribution in [3.63, 3.8) is 0 Å². The molecule has 0 aromatic heterocycles. The fourth-order valence-electron chi connectivity index (χ4n) is 1.44. The summed E-state index contributed by atoms with van der Waals surface area (Å²) in [6.45, 7) is 5.02. The summed E-state index contributed by atoms with van der Waals surface area (Å²) < 4.78 is 5.62. The minimum Gasteiger partial charge on any atom is -1.00 e. The second-order valence-electron chi connectivity index (χ2n) is 4.11. The first kappa shape index (κ1) is 16.7. The Kier molecular flexibility index (Phi) is 7.84. The maximum absolute atomic E-state index is 5.62. The van der Waals surface area contributed by atoms with Gasteiger partial charge in [0.25, 0.3) is 0 Å². The van der Waals surface area contributed by atoms with Crippen LogP contribution in [0.2, 0.25) is 0 Å². The van der Waals surface area contributed by atoms with E-state index in [2.05, 4.69) is 38.1 Å².